The first-order chi connectivity index (χ1) is 9.24. The van der Waals surface area contributed by atoms with Crippen LogP contribution in [0.5, 0.6) is 0 Å². The molecule has 19 heavy (non-hydrogen) atoms. The Hall–Kier alpha value is -0.860. The van der Waals surface area contributed by atoms with Crippen LogP contribution < -0.4 is 5.32 Å². The molecule has 108 valence electrons. The molecule has 1 aromatic rings. The van der Waals surface area contributed by atoms with Crippen molar-refractivity contribution in [3.05, 3.63) is 35.9 Å². The highest BCUT2D eigenvalue weighted by molar-refractivity contribution is 5.19. The van der Waals surface area contributed by atoms with E-state index in [1.807, 2.05) is 0 Å². The van der Waals surface area contributed by atoms with Crippen molar-refractivity contribution in [1.82, 2.24) is 5.32 Å². The summed E-state index contributed by atoms with van der Waals surface area (Å²) in [5, 5.41) is 3.54. The lowest BCUT2D eigenvalue weighted by atomic mass is 9.96. The van der Waals surface area contributed by atoms with Gasteiger partial charge < -0.3 is 10.1 Å². The van der Waals surface area contributed by atoms with E-state index in [0.29, 0.717) is 12.0 Å². The molecule has 0 aliphatic heterocycles. The second kappa shape index (κ2) is 9.99. The van der Waals surface area contributed by atoms with Crippen molar-refractivity contribution in [2.75, 3.05) is 19.8 Å². The van der Waals surface area contributed by atoms with Gasteiger partial charge in [-0.15, -0.1) is 0 Å². The van der Waals surface area contributed by atoms with Crippen molar-refractivity contribution < 1.29 is 4.74 Å². The second-order valence-corrected chi connectivity index (χ2v) is 5.43. The molecule has 0 amide bonds. The van der Waals surface area contributed by atoms with E-state index in [2.05, 4.69) is 56.4 Å². The Balaban J connectivity index is 2.41. The van der Waals surface area contributed by atoms with Crippen molar-refractivity contribution in [3.8, 4) is 0 Å². The Kier molecular flexibility index (Phi) is 8.52. The highest BCUT2D eigenvalue weighted by Crippen LogP contribution is 2.19. The molecular weight excluding hydrogens is 234 g/mol. The van der Waals surface area contributed by atoms with Gasteiger partial charge in [0.2, 0.25) is 0 Å². The van der Waals surface area contributed by atoms with Crippen LogP contribution in [-0.2, 0) is 4.74 Å². The topological polar surface area (TPSA) is 21.3 Å². The Morgan fingerprint density at radius 1 is 1.11 bits per heavy atom. The van der Waals surface area contributed by atoms with Crippen molar-refractivity contribution >= 4 is 0 Å². The monoisotopic (exact) mass is 263 g/mol. The first-order valence-corrected chi connectivity index (χ1v) is 7.60. The molecule has 0 fully saturated rings. The lowest BCUT2D eigenvalue weighted by molar-refractivity contribution is 0.123. The molecule has 0 aliphatic carbocycles. The van der Waals surface area contributed by atoms with Crippen LogP contribution in [-0.4, -0.2) is 25.8 Å². The van der Waals surface area contributed by atoms with Gasteiger partial charge in [-0.3, -0.25) is 0 Å². The van der Waals surface area contributed by atoms with Gasteiger partial charge in [0.1, 0.15) is 0 Å². The summed E-state index contributed by atoms with van der Waals surface area (Å²) in [7, 11) is 0. The zero-order chi connectivity index (χ0) is 13.9. The van der Waals surface area contributed by atoms with E-state index in [-0.39, 0.29) is 0 Å². The molecule has 0 aromatic heterocycles. The number of nitrogens with one attached hydrogen (secondary N) is 1. The predicted molar refractivity (Wildman–Crippen MR) is 82.7 cm³/mol. The molecule has 2 nitrogen and oxygen atoms in total. The van der Waals surface area contributed by atoms with Crippen LogP contribution in [0.15, 0.2) is 30.3 Å². The highest BCUT2D eigenvalue weighted by atomic mass is 16.5. The first kappa shape index (κ1) is 16.2. The summed E-state index contributed by atoms with van der Waals surface area (Å²) in [5.41, 5.74) is 1.41. The van der Waals surface area contributed by atoms with Gasteiger partial charge >= 0.3 is 0 Å². The van der Waals surface area contributed by atoms with Gasteiger partial charge in [-0.05, 0) is 24.3 Å². The lowest BCUT2D eigenvalue weighted by Gasteiger charge is -2.20. The normalized spacial score (nSPS) is 12.8. The Morgan fingerprint density at radius 2 is 1.84 bits per heavy atom. The lowest BCUT2D eigenvalue weighted by Crippen LogP contribution is -2.28. The minimum absolute atomic E-state index is 0.534. The number of unbranched alkanes of at least 4 members (excludes halogenated alkanes) is 1. The molecule has 0 bridgehead atoms. The number of hydrogen-bond donors (Lipinski definition) is 1. The van der Waals surface area contributed by atoms with Crippen LogP contribution in [0.4, 0.5) is 0 Å². The summed E-state index contributed by atoms with van der Waals surface area (Å²) in [6.07, 6.45) is 3.46. The standard InChI is InChI=1S/C17H29NO/c1-4-5-12-19-13-11-17(14-18-15(2)3)16-9-7-6-8-10-16/h6-10,15,17-18H,4-5,11-14H2,1-3H3. The molecule has 1 aromatic carbocycles. The minimum atomic E-state index is 0.534. The maximum Gasteiger partial charge on any atom is 0.0472 e. The highest BCUT2D eigenvalue weighted by Gasteiger charge is 2.11. The fourth-order valence-electron chi connectivity index (χ4n) is 2.06. The third-order valence-electron chi connectivity index (χ3n) is 3.30. The predicted octanol–water partition coefficient (Wildman–Crippen LogP) is 3.98. The fraction of sp³-hybridized carbons (Fsp3) is 0.647. The van der Waals surface area contributed by atoms with Crippen molar-refractivity contribution in [3.63, 3.8) is 0 Å². The van der Waals surface area contributed by atoms with Gasteiger partial charge in [0.15, 0.2) is 0 Å². The van der Waals surface area contributed by atoms with Crippen LogP contribution in [0.1, 0.15) is 51.5 Å². The number of hydrogen-bond acceptors (Lipinski definition) is 2. The zero-order valence-corrected chi connectivity index (χ0v) is 12.7. The molecule has 0 radical (unpaired) electrons. The molecule has 0 aliphatic rings. The van der Waals surface area contributed by atoms with Gasteiger partial charge in [0.25, 0.3) is 0 Å². The maximum atomic E-state index is 5.71. The number of benzene rings is 1. The third-order valence-corrected chi connectivity index (χ3v) is 3.30. The van der Waals surface area contributed by atoms with Crippen LogP contribution in [0, 0.1) is 0 Å². The summed E-state index contributed by atoms with van der Waals surface area (Å²) >= 11 is 0. The summed E-state index contributed by atoms with van der Waals surface area (Å²) in [5.74, 6) is 0.547. The van der Waals surface area contributed by atoms with Gasteiger partial charge in [-0.25, -0.2) is 0 Å². The van der Waals surface area contributed by atoms with Gasteiger partial charge in [0, 0.05) is 25.8 Å². The molecule has 1 N–H and O–H groups in total. The van der Waals surface area contributed by atoms with E-state index < -0.39 is 0 Å². The summed E-state index contributed by atoms with van der Waals surface area (Å²) < 4.78 is 5.71. The van der Waals surface area contributed by atoms with E-state index in [0.717, 1.165) is 26.2 Å². The Morgan fingerprint density at radius 3 is 2.47 bits per heavy atom. The molecular formula is C17H29NO. The molecule has 1 rings (SSSR count). The van der Waals surface area contributed by atoms with Crippen LogP contribution in [0.3, 0.4) is 0 Å². The van der Waals surface area contributed by atoms with E-state index in [4.69, 9.17) is 4.74 Å². The van der Waals surface area contributed by atoms with E-state index in [1.54, 1.807) is 0 Å². The largest absolute Gasteiger partial charge is 0.381 e. The fourth-order valence-corrected chi connectivity index (χ4v) is 2.06. The minimum Gasteiger partial charge on any atom is -0.381 e. The summed E-state index contributed by atoms with van der Waals surface area (Å²) in [6.45, 7) is 9.37. The van der Waals surface area contributed by atoms with Crippen molar-refractivity contribution in [1.29, 1.82) is 0 Å². The van der Waals surface area contributed by atoms with Gasteiger partial charge in [-0.1, -0.05) is 57.5 Å². The molecule has 2 heteroatoms. The van der Waals surface area contributed by atoms with Gasteiger partial charge in [0.05, 0.1) is 0 Å². The van der Waals surface area contributed by atoms with Crippen LogP contribution in [0.2, 0.25) is 0 Å². The zero-order valence-electron chi connectivity index (χ0n) is 12.7. The number of ether oxygens (including phenoxy) is 1. The smallest absolute Gasteiger partial charge is 0.0472 e. The van der Waals surface area contributed by atoms with Gasteiger partial charge in [-0.2, -0.15) is 0 Å². The molecule has 0 spiro atoms. The average Bonchev–Trinajstić information content (AvgIpc) is 2.42. The maximum absolute atomic E-state index is 5.71. The van der Waals surface area contributed by atoms with Crippen LogP contribution >= 0.6 is 0 Å². The third kappa shape index (κ3) is 7.34. The Labute approximate surface area is 118 Å². The van der Waals surface area contributed by atoms with E-state index in [1.165, 1.54) is 18.4 Å². The quantitative estimate of drug-likeness (QED) is 0.645. The molecule has 0 saturated carbocycles. The molecule has 0 heterocycles. The molecule has 1 atom stereocenters. The van der Waals surface area contributed by atoms with Crippen molar-refractivity contribution in [2.24, 2.45) is 0 Å². The Bertz CT molecular complexity index is 310. The number of rotatable bonds is 10. The molecule has 0 saturated heterocycles. The SMILES string of the molecule is CCCCOCCC(CNC(C)C)c1ccccc1. The first-order valence-electron chi connectivity index (χ1n) is 7.60. The van der Waals surface area contributed by atoms with Crippen molar-refractivity contribution in [2.45, 2.75) is 52.0 Å². The average molecular weight is 263 g/mol. The summed E-state index contributed by atoms with van der Waals surface area (Å²) in [4.78, 5) is 0. The summed E-state index contributed by atoms with van der Waals surface area (Å²) in [6, 6.07) is 11.3. The van der Waals surface area contributed by atoms with E-state index in [9.17, 15) is 0 Å². The second-order valence-electron chi connectivity index (χ2n) is 5.43. The molecule has 1 unspecified atom stereocenters. The van der Waals surface area contributed by atoms with E-state index >= 15 is 0 Å². The van der Waals surface area contributed by atoms with Crippen LogP contribution in [0.25, 0.3) is 0 Å².